The number of carbonyl (C=O) groups excluding carboxylic acids is 1. The number of aliphatic imine (C=N–C) groups is 1. The van der Waals surface area contributed by atoms with Crippen molar-refractivity contribution in [3.8, 4) is 11.3 Å². The highest BCUT2D eigenvalue weighted by atomic mass is 127. The predicted molar refractivity (Wildman–Crippen MR) is 123 cm³/mol. The Hall–Kier alpha value is -2.82. The molecule has 0 saturated heterocycles. The summed E-state index contributed by atoms with van der Waals surface area (Å²) in [5.41, 5.74) is 7.27. The molecule has 8 nitrogen and oxygen atoms in total. The van der Waals surface area contributed by atoms with Crippen LogP contribution in [0.1, 0.15) is 29.1 Å². The summed E-state index contributed by atoms with van der Waals surface area (Å²) < 4.78 is 5.38. The van der Waals surface area contributed by atoms with Crippen LogP contribution < -0.4 is 11.1 Å². The fraction of sp³-hybridized carbons (Fsp3) is 0.250. The molecular weight excluding hydrogens is 483 g/mol. The van der Waals surface area contributed by atoms with E-state index < -0.39 is 5.91 Å². The summed E-state index contributed by atoms with van der Waals surface area (Å²) >= 11 is 0. The summed E-state index contributed by atoms with van der Waals surface area (Å²) in [6, 6.07) is 13.3. The van der Waals surface area contributed by atoms with E-state index in [2.05, 4.69) is 20.3 Å². The van der Waals surface area contributed by atoms with Crippen molar-refractivity contribution in [3.63, 3.8) is 0 Å². The standard InChI is InChI=1S/C20H24N6O2.HI/c1-3-22-20(24-11-15-9-10-17(28-15)19(21)27)26(2)13-18-23-12-16(25-18)14-7-5-4-6-8-14;/h4-10,12H,3,11,13H2,1-2H3,(H2,21,27)(H,22,24)(H,23,25);1H. The maximum absolute atomic E-state index is 11.1. The molecule has 4 N–H and O–H groups in total. The number of rotatable bonds is 7. The highest BCUT2D eigenvalue weighted by molar-refractivity contribution is 14.0. The second-order valence-electron chi connectivity index (χ2n) is 6.27. The number of amides is 1. The summed E-state index contributed by atoms with van der Waals surface area (Å²) in [6.45, 7) is 3.58. The number of furan rings is 1. The van der Waals surface area contributed by atoms with E-state index in [1.807, 2.05) is 55.4 Å². The normalized spacial score (nSPS) is 11.0. The Balaban J connectivity index is 0.00000300. The molecule has 1 amide bonds. The predicted octanol–water partition coefficient (Wildman–Crippen LogP) is 2.98. The first-order valence-electron chi connectivity index (χ1n) is 9.04. The van der Waals surface area contributed by atoms with Gasteiger partial charge < -0.3 is 25.4 Å². The topological polar surface area (TPSA) is 113 Å². The number of benzene rings is 1. The minimum atomic E-state index is -0.591. The van der Waals surface area contributed by atoms with Crippen LogP contribution in [0.25, 0.3) is 11.3 Å². The van der Waals surface area contributed by atoms with Crippen LogP contribution in [0.5, 0.6) is 0 Å². The van der Waals surface area contributed by atoms with Crippen molar-refractivity contribution >= 4 is 35.8 Å². The van der Waals surface area contributed by atoms with Crippen LogP contribution in [-0.2, 0) is 13.1 Å². The van der Waals surface area contributed by atoms with Gasteiger partial charge in [0.15, 0.2) is 11.7 Å². The summed E-state index contributed by atoms with van der Waals surface area (Å²) in [7, 11) is 1.93. The van der Waals surface area contributed by atoms with Crippen molar-refractivity contribution in [2.75, 3.05) is 13.6 Å². The molecule has 0 unspecified atom stereocenters. The third-order valence-electron chi connectivity index (χ3n) is 4.09. The van der Waals surface area contributed by atoms with Crippen LogP contribution in [0.2, 0.25) is 0 Å². The Morgan fingerprint density at radius 1 is 1.28 bits per heavy atom. The molecule has 0 aliphatic rings. The van der Waals surface area contributed by atoms with E-state index in [1.165, 1.54) is 0 Å². The van der Waals surface area contributed by atoms with Gasteiger partial charge in [-0.3, -0.25) is 4.79 Å². The van der Waals surface area contributed by atoms with Crippen LogP contribution >= 0.6 is 24.0 Å². The first-order chi connectivity index (χ1) is 13.6. The van der Waals surface area contributed by atoms with Gasteiger partial charge in [0.2, 0.25) is 0 Å². The molecule has 0 aliphatic heterocycles. The summed E-state index contributed by atoms with van der Waals surface area (Å²) in [6.07, 6.45) is 1.83. The quantitative estimate of drug-likeness (QED) is 0.258. The number of aromatic amines is 1. The molecule has 0 radical (unpaired) electrons. The third kappa shape index (κ3) is 6.08. The molecule has 9 heteroatoms. The second-order valence-corrected chi connectivity index (χ2v) is 6.27. The largest absolute Gasteiger partial charge is 0.454 e. The lowest BCUT2D eigenvalue weighted by atomic mass is 10.2. The molecule has 0 atom stereocenters. The molecule has 0 aliphatic carbocycles. The molecule has 154 valence electrons. The average Bonchev–Trinajstić information content (AvgIpc) is 3.35. The third-order valence-corrected chi connectivity index (χ3v) is 4.09. The lowest BCUT2D eigenvalue weighted by Crippen LogP contribution is -2.38. The number of aromatic nitrogens is 2. The SMILES string of the molecule is CCNC(=NCc1ccc(C(N)=O)o1)N(C)Cc1ncc(-c2ccccc2)[nH]1.I. The first-order valence-corrected chi connectivity index (χ1v) is 9.04. The summed E-state index contributed by atoms with van der Waals surface area (Å²) in [4.78, 5) is 25.5. The fourth-order valence-corrected chi connectivity index (χ4v) is 2.72. The summed E-state index contributed by atoms with van der Waals surface area (Å²) in [5.74, 6) is 1.65. The number of nitrogens with zero attached hydrogens (tertiary/aromatic N) is 3. The lowest BCUT2D eigenvalue weighted by molar-refractivity contribution is 0.0972. The fourth-order valence-electron chi connectivity index (χ4n) is 2.72. The Morgan fingerprint density at radius 3 is 2.69 bits per heavy atom. The van der Waals surface area contributed by atoms with E-state index >= 15 is 0 Å². The minimum absolute atomic E-state index is 0. The molecule has 2 aromatic heterocycles. The zero-order chi connectivity index (χ0) is 19.9. The number of H-pyrrole nitrogens is 1. The lowest BCUT2D eigenvalue weighted by Gasteiger charge is -2.20. The molecule has 29 heavy (non-hydrogen) atoms. The van der Waals surface area contributed by atoms with E-state index in [0.29, 0.717) is 24.8 Å². The first kappa shape index (κ1) is 22.5. The van der Waals surface area contributed by atoms with Crippen molar-refractivity contribution in [2.45, 2.75) is 20.0 Å². The Labute approximate surface area is 186 Å². The number of nitrogens with two attached hydrogens (primary N) is 1. The molecule has 0 saturated carbocycles. The van der Waals surface area contributed by atoms with Crippen LogP contribution in [0.15, 0.2) is 58.1 Å². The van der Waals surface area contributed by atoms with Gasteiger partial charge in [0, 0.05) is 13.6 Å². The van der Waals surface area contributed by atoms with Gasteiger partial charge in [-0.15, -0.1) is 24.0 Å². The number of nitrogens with one attached hydrogen (secondary N) is 2. The van der Waals surface area contributed by atoms with Crippen molar-refractivity contribution in [1.29, 1.82) is 0 Å². The summed E-state index contributed by atoms with van der Waals surface area (Å²) in [5, 5.41) is 3.24. The van der Waals surface area contributed by atoms with Gasteiger partial charge in [0.25, 0.3) is 5.91 Å². The second kappa shape index (κ2) is 10.6. The Morgan fingerprint density at radius 2 is 2.03 bits per heavy atom. The molecule has 1 aromatic carbocycles. The van der Waals surface area contributed by atoms with Crippen LogP contribution in [-0.4, -0.2) is 40.3 Å². The number of imidazole rings is 1. The number of carbonyl (C=O) groups is 1. The monoisotopic (exact) mass is 508 g/mol. The number of hydrogen-bond donors (Lipinski definition) is 3. The highest BCUT2D eigenvalue weighted by Gasteiger charge is 2.11. The van der Waals surface area contributed by atoms with Gasteiger partial charge in [0.1, 0.15) is 18.1 Å². The smallest absolute Gasteiger partial charge is 0.284 e. The number of guanidine groups is 1. The van der Waals surface area contributed by atoms with Crippen molar-refractivity contribution in [1.82, 2.24) is 20.2 Å². The highest BCUT2D eigenvalue weighted by Crippen LogP contribution is 2.16. The maximum atomic E-state index is 11.1. The van der Waals surface area contributed by atoms with Gasteiger partial charge in [-0.05, 0) is 24.6 Å². The zero-order valence-corrected chi connectivity index (χ0v) is 18.7. The maximum Gasteiger partial charge on any atom is 0.284 e. The van der Waals surface area contributed by atoms with E-state index in [9.17, 15) is 4.79 Å². The zero-order valence-electron chi connectivity index (χ0n) is 16.4. The van der Waals surface area contributed by atoms with E-state index in [-0.39, 0.29) is 29.7 Å². The van der Waals surface area contributed by atoms with Gasteiger partial charge >= 0.3 is 0 Å². The Bertz CT molecular complexity index is 951. The van der Waals surface area contributed by atoms with Crippen molar-refractivity contribution in [3.05, 3.63) is 66.0 Å². The van der Waals surface area contributed by atoms with E-state index in [4.69, 9.17) is 10.2 Å². The molecule has 0 fully saturated rings. The number of halogens is 1. The van der Waals surface area contributed by atoms with Crippen LogP contribution in [0.3, 0.4) is 0 Å². The van der Waals surface area contributed by atoms with E-state index in [0.717, 1.165) is 23.6 Å². The van der Waals surface area contributed by atoms with Gasteiger partial charge in [0.05, 0.1) is 18.4 Å². The molecule has 2 heterocycles. The van der Waals surface area contributed by atoms with Crippen LogP contribution in [0.4, 0.5) is 0 Å². The molecule has 0 spiro atoms. The van der Waals surface area contributed by atoms with Crippen LogP contribution in [0, 0.1) is 0 Å². The average molecular weight is 508 g/mol. The molecule has 3 aromatic rings. The van der Waals surface area contributed by atoms with Crippen molar-refractivity contribution in [2.24, 2.45) is 10.7 Å². The van der Waals surface area contributed by atoms with Crippen molar-refractivity contribution < 1.29 is 9.21 Å². The van der Waals surface area contributed by atoms with E-state index in [1.54, 1.807) is 12.1 Å². The van der Waals surface area contributed by atoms with Gasteiger partial charge in [-0.1, -0.05) is 30.3 Å². The Kier molecular flexibility index (Phi) is 8.25. The number of hydrogen-bond acceptors (Lipinski definition) is 4. The molecular formula is C20H25IN6O2. The number of primary amides is 1. The molecule has 3 rings (SSSR count). The molecule has 0 bridgehead atoms. The van der Waals surface area contributed by atoms with Gasteiger partial charge in [-0.25, -0.2) is 9.98 Å². The van der Waals surface area contributed by atoms with Gasteiger partial charge in [-0.2, -0.15) is 0 Å². The minimum Gasteiger partial charge on any atom is -0.454 e.